The van der Waals surface area contributed by atoms with Crippen LogP contribution >= 0.6 is 0 Å². The molecule has 0 aliphatic rings. The Kier molecular flexibility index (Phi) is 4.71. The predicted molar refractivity (Wildman–Crippen MR) is 94.5 cm³/mol. The standard InChI is InChI=1S/C19H17NO6/c1-3-10-5-6-15-12(7-10)17(23)13-8-11(19(24)25-4-2)14(9-16(21)22)20-18(13)26-15/h5-8H,3-4,9H2,1-2H3,(H,21,22). The first-order chi connectivity index (χ1) is 12.4. The Bertz CT molecular complexity index is 1080. The molecule has 0 fully saturated rings. The lowest BCUT2D eigenvalue weighted by atomic mass is 10.1. The Labute approximate surface area is 148 Å². The number of carbonyl (C=O) groups excluding carboxylic acids is 1. The fraction of sp³-hybridized carbons (Fsp3) is 0.263. The van der Waals surface area contributed by atoms with Crippen LogP contribution in [0.4, 0.5) is 0 Å². The molecule has 0 aliphatic carbocycles. The number of esters is 1. The second kappa shape index (κ2) is 6.95. The largest absolute Gasteiger partial charge is 0.481 e. The van der Waals surface area contributed by atoms with E-state index in [1.54, 1.807) is 19.1 Å². The van der Waals surface area contributed by atoms with Gasteiger partial charge in [-0.3, -0.25) is 9.59 Å². The van der Waals surface area contributed by atoms with Crippen molar-refractivity contribution in [3.63, 3.8) is 0 Å². The van der Waals surface area contributed by atoms with Gasteiger partial charge in [0.2, 0.25) is 11.1 Å². The average molecular weight is 355 g/mol. The number of fused-ring (bicyclic) bond motifs is 2. The molecule has 0 unspecified atom stereocenters. The number of aromatic nitrogens is 1. The zero-order valence-electron chi connectivity index (χ0n) is 14.4. The number of carboxylic acid groups (broad SMARTS) is 1. The third-order valence-corrected chi connectivity index (χ3v) is 4.03. The van der Waals surface area contributed by atoms with Crippen molar-refractivity contribution in [2.45, 2.75) is 26.7 Å². The number of carboxylic acids is 1. The summed E-state index contributed by atoms with van der Waals surface area (Å²) in [6.45, 7) is 3.73. The van der Waals surface area contributed by atoms with Gasteiger partial charge in [0.1, 0.15) is 5.58 Å². The summed E-state index contributed by atoms with van der Waals surface area (Å²) in [7, 11) is 0. The van der Waals surface area contributed by atoms with E-state index in [-0.39, 0.29) is 34.4 Å². The molecule has 0 spiro atoms. The molecular formula is C19H17NO6. The molecule has 7 nitrogen and oxygen atoms in total. The molecule has 2 heterocycles. The fourth-order valence-electron chi connectivity index (χ4n) is 2.75. The highest BCUT2D eigenvalue weighted by atomic mass is 16.5. The van der Waals surface area contributed by atoms with E-state index in [4.69, 9.17) is 14.3 Å². The SMILES string of the molecule is CCOC(=O)c1cc2c(=O)c3cc(CC)ccc3oc2nc1CC(=O)O. The third kappa shape index (κ3) is 3.15. The van der Waals surface area contributed by atoms with Gasteiger partial charge in [-0.1, -0.05) is 13.0 Å². The van der Waals surface area contributed by atoms with Gasteiger partial charge in [-0.2, -0.15) is 0 Å². The molecule has 26 heavy (non-hydrogen) atoms. The Morgan fingerprint density at radius 1 is 1.19 bits per heavy atom. The smallest absolute Gasteiger partial charge is 0.340 e. The molecule has 1 N–H and O–H groups in total. The van der Waals surface area contributed by atoms with Gasteiger partial charge in [0.15, 0.2) is 0 Å². The summed E-state index contributed by atoms with van der Waals surface area (Å²) in [5.74, 6) is -1.88. The van der Waals surface area contributed by atoms with E-state index in [1.807, 2.05) is 13.0 Å². The lowest BCUT2D eigenvalue weighted by Gasteiger charge is -2.09. The van der Waals surface area contributed by atoms with Gasteiger partial charge in [-0.15, -0.1) is 0 Å². The van der Waals surface area contributed by atoms with Crippen LogP contribution in [0, 0.1) is 0 Å². The number of rotatable bonds is 5. The quantitative estimate of drug-likeness (QED) is 0.554. The lowest BCUT2D eigenvalue weighted by Crippen LogP contribution is -2.15. The topological polar surface area (TPSA) is 107 Å². The van der Waals surface area contributed by atoms with E-state index in [9.17, 15) is 14.4 Å². The lowest BCUT2D eigenvalue weighted by molar-refractivity contribution is -0.136. The molecule has 7 heteroatoms. The van der Waals surface area contributed by atoms with Crippen LogP contribution in [0.25, 0.3) is 22.1 Å². The summed E-state index contributed by atoms with van der Waals surface area (Å²) in [5.41, 5.74) is 0.964. The molecule has 0 saturated carbocycles. The third-order valence-electron chi connectivity index (χ3n) is 4.03. The minimum atomic E-state index is -1.15. The van der Waals surface area contributed by atoms with Crippen LogP contribution in [-0.4, -0.2) is 28.6 Å². The normalized spacial score (nSPS) is 11.0. The molecule has 3 rings (SSSR count). The summed E-state index contributed by atoms with van der Waals surface area (Å²) in [6.07, 6.45) is 0.276. The number of carbonyl (C=O) groups is 2. The fourth-order valence-corrected chi connectivity index (χ4v) is 2.75. The summed E-state index contributed by atoms with van der Waals surface area (Å²) in [4.78, 5) is 40.3. The highest BCUT2D eigenvalue weighted by Gasteiger charge is 2.20. The summed E-state index contributed by atoms with van der Waals surface area (Å²) >= 11 is 0. The molecular weight excluding hydrogens is 338 g/mol. The van der Waals surface area contributed by atoms with Gasteiger partial charge in [0.05, 0.1) is 35.1 Å². The number of pyridine rings is 1. The number of aliphatic carboxylic acids is 1. The van der Waals surface area contributed by atoms with Crippen molar-refractivity contribution < 1.29 is 23.8 Å². The Balaban J connectivity index is 2.33. The van der Waals surface area contributed by atoms with Crippen LogP contribution in [0.5, 0.6) is 0 Å². The second-order valence-electron chi connectivity index (χ2n) is 5.74. The van der Waals surface area contributed by atoms with Crippen molar-refractivity contribution in [3.05, 3.63) is 51.3 Å². The van der Waals surface area contributed by atoms with Crippen molar-refractivity contribution >= 4 is 34.0 Å². The van der Waals surface area contributed by atoms with Crippen molar-refractivity contribution in [1.82, 2.24) is 4.98 Å². The van der Waals surface area contributed by atoms with Gasteiger partial charge < -0.3 is 14.3 Å². The van der Waals surface area contributed by atoms with Crippen LogP contribution in [0.15, 0.2) is 33.5 Å². The van der Waals surface area contributed by atoms with Crippen molar-refractivity contribution in [2.24, 2.45) is 0 Å². The maximum Gasteiger partial charge on any atom is 0.340 e. The zero-order valence-corrected chi connectivity index (χ0v) is 14.4. The van der Waals surface area contributed by atoms with Crippen LogP contribution in [0.1, 0.15) is 35.5 Å². The first-order valence-electron chi connectivity index (χ1n) is 8.22. The molecule has 0 amide bonds. The minimum absolute atomic E-state index is 0.00358. The highest BCUT2D eigenvalue weighted by Crippen LogP contribution is 2.22. The number of hydrogen-bond acceptors (Lipinski definition) is 6. The average Bonchev–Trinajstić information content (AvgIpc) is 2.61. The molecule has 0 aliphatic heterocycles. The first-order valence-corrected chi connectivity index (χ1v) is 8.22. The van der Waals surface area contributed by atoms with Gasteiger partial charge in [-0.25, -0.2) is 9.78 Å². The van der Waals surface area contributed by atoms with Crippen molar-refractivity contribution in [1.29, 1.82) is 0 Å². The second-order valence-corrected chi connectivity index (χ2v) is 5.74. The van der Waals surface area contributed by atoms with E-state index in [0.717, 1.165) is 12.0 Å². The Hall–Kier alpha value is -3.22. The Morgan fingerprint density at radius 3 is 2.62 bits per heavy atom. The Morgan fingerprint density at radius 2 is 1.96 bits per heavy atom. The molecule has 2 aromatic heterocycles. The first kappa shape index (κ1) is 17.6. The molecule has 3 aromatic rings. The summed E-state index contributed by atoms with van der Waals surface area (Å²) < 4.78 is 10.6. The molecule has 1 aromatic carbocycles. The van der Waals surface area contributed by atoms with Gasteiger partial charge >= 0.3 is 11.9 Å². The number of nitrogens with zero attached hydrogens (tertiary/aromatic N) is 1. The number of benzene rings is 1. The molecule has 0 bridgehead atoms. The van der Waals surface area contributed by atoms with E-state index in [2.05, 4.69) is 4.98 Å². The summed E-state index contributed by atoms with van der Waals surface area (Å²) in [6, 6.07) is 6.59. The van der Waals surface area contributed by atoms with Gasteiger partial charge in [-0.05, 0) is 37.1 Å². The van der Waals surface area contributed by atoms with Gasteiger partial charge in [0, 0.05) is 0 Å². The monoisotopic (exact) mass is 355 g/mol. The van der Waals surface area contributed by atoms with E-state index in [0.29, 0.717) is 11.0 Å². The number of hydrogen-bond donors (Lipinski definition) is 1. The van der Waals surface area contributed by atoms with Crippen molar-refractivity contribution in [3.8, 4) is 0 Å². The minimum Gasteiger partial charge on any atom is -0.481 e. The highest BCUT2D eigenvalue weighted by molar-refractivity contribution is 5.97. The maximum absolute atomic E-state index is 12.9. The summed E-state index contributed by atoms with van der Waals surface area (Å²) in [5, 5.41) is 9.58. The van der Waals surface area contributed by atoms with Crippen LogP contribution in [0.3, 0.4) is 0 Å². The van der Waals surface area contributed by atoms with E-state index in [1.165, 1.54) is 6.07 Å². The number of aryl methyl sites for hydroxylation is 1. The van der Waals surface area contributed by atoms with E-state index >= 15 is 0 Å². The van der Waals surface area contributed by atoms with Crippen LogP contribution in [0.2, 0.25) is 0 Å². The van der Waals surface area contributed by atoms with E-state index < -0.39 is 18.4 Å². The molecule has 0 saturated heterocycles. The zero-order chi connectivity index (χ0) is 18.8. The van der Waals surface area contributed by atoms with Crippen molar-refractivity contribution in [2.75, 3.05) is 6.61 Å². The van der Waals surface area contributed by atoms with Gasteiger partial charge in [0.25, 0.3) is 0 Å². The molecule has 134 valence electrons. The van der Waals surface area contributed by atoms with Crippen LogP contribution in [-0.2, 0) is 22.4 Å². The molecule has 0 radical (unpaired) electrons. The number of ether oxygens (including phenoxy) is 1. The molecule has 0 atom stereocenters. The predicted octanol–water partition coefficient (Wildman–Crippen LogP) is 2.71. The maximum atomic E-state index is 12.9. The van der Waals surface area contributed by atoms with Crippen LogP contribution < -0.4 is 5.43 Å².